The van der Waals surface area contributed by atoms with Crippen molar-refractivity contribution in [2.75, 3.05) is 25.5 Å². The summed E-state index contributed by atoms with van der Waals surface area (Å²) in [5.74, 6) is -0.855. The van der Waals surface area contributed by atoms with Gasteiger partial charge in [-0.2, -0.15) is 4.31 Å². The predicted octanol–water partition coefficient (Wildman–Crippen LogP) is 3.13. The third-order valence-corrected chi connectivity index (χ3v) is 6.97. The van der Waals surface area contributed by atoms with Crippen LogP contribution in [0.4, 0.5) is 5.69 Å². The number of rotatable bonds is 5. The molecule has 1 fully saturated rings. The van der Waals surface area contributed by atoms with E-state index in [1.54, 1.807) is 18.2 Å². The Balaban J connectivity index is 1.82. The van der Waals surface area contributed by atoms with Crippen LogP contribution >= 0.6 is 11.6 Å². The number of amides is 2. The molecule has 1 heterocycles. The van der Waals surface area contributed by atoms with Crippen LogP contribution in [-0.4, -0.2) is 44.7 Å². The molecule has 2 amide bonds. The van der Waals surface area contributed by atoms with E-state index in [1.807, 2.05) is 0 Å². The molecule has 2 aromatic carbocycles. The zero-order valence-electron chi connectivity index (χ0n) is 15.9. The van der Waals surface area contributed by atoms with Crippen molar-refractivity contribution in [3.05, 3.63) is 58.6 Å². The summed E-state index contributed by atoms with van der Waals surface area (Å²) in [5.41, 5.74) is 0.815. The fourth-order valence-electron chi connectivity index (χ4n) is 3.17. The van der Waals surface area contributed by atoms with E-state index in [1.165, 1.54) is 35.6 Å². The maximum absolute atomic E-state index is 12.8. The van der Waals surface area contributed by atoms with Gasteiger partial charge < -0.3 is 10.6 Å². The van der Waals surface area contributed by atoms with Gasteiger partial charge in [-0.1, -0.05) is 24.1 Å². The summed E-state index contributed by atoms with van der Waals surface area (Å²) in [6.45, 7) is 0.984. The molecule has 0 radical (unpaired) electrons. The van der Waals surface area contributed by atoms with Crippen molar-refractivity contribution in [3.8, 4) is 0 Å². The molecule has 0 unspecified atom stereocenters. The van der Waals surface area contributed by atoms with Crippen LogP contribution in [0.5, 0.6) is 0 Å². The van der Waals surface area contributed by atoms with Gasteiger partial charge in [0.15, 0.2) is 0 Å². The number of hydrogen-bond acceptors (Lipinski definition) is 4. The molecule has 0 aliphatic carbocycles. The standard InChI is InChI=1S/C20H22ClN3O4S/c1-22-20(26)17-13-15(8-9-18(17)21)23-19(25)14-6-5-7-16(12-14)29(27,28)24-10-3-2-4-11-24/h5-9,12-13H,2-4,10-11H2,1H3,(H,22,26)(H,23,25). The molecule has 0 aromatic heterocycles. The Hall–Kier alpha value is -2.42. The molecule has 0 bridgehead atoms. The van der Waals surface area contributed by atoms with Gasteiger partial charge in [0, 0.05) is 31.4 Å². The monoisotopic (exact) mass is 435 g/mol. The normalized spacial score (nSPS) is 15.0. The van der Waals surface area contributed by atoms with Gasteiger partial charge in [0.25, 0.3) is 11.8 Å². The molecule has 0 atom stereocenters. The summed E-state index contributed by atoms with van der Waals surface area (Å²) in [7, 11) is -2.15. The molecule has 2 N–H and O–H groups in total. The molecular formula is C20H22ClN3O4S. The third-order valence-electron chi connectivity index (χ3n) is 4.74. The zero-order valence-corrected chi connectivity index (χ0v) is 17.5. The lowest BCUT2D eigenvalue weighted by Gasteiger charge is -2.26. The van der Waals surface area contributed by atoms with Gasteiger partial charge in [-0.05, 0) is 49.2 Å². The summed E-state index contributed by atoms with van der Waals surface area (Å²) < 4.78 is 27.2. The van der Waals surface area contributed by atoms with Crippen molar-refractivity contribution in [1.29, 1.82) is 0 Å². The fourth-order valence-corrected chi connectivity index (χ4v) is 4.93. The summed E-state index contributed by atoms with van der Waals surface area (Å²) >= 11 is 6.02. The highest BCUT2D eigenvalue weighted by molar-refractivity contribution is 7.89. The topological polar surface area (TPSA) is 95.6 Å². The van der Waals surface area contributed by atoms with Crippen LogP contribution in [0.3, 0.4) is 0 Å². The summed E-state index contributed by atoms with van der Waals surface area (Å²) in [6.07, 6.45) is 2.70. The van der Waals surface area contributed by atoms with Gasteiger partial charge in [-0.25, -0.2) is 8.42 Å². The molecule has 1 aliphatic rings. The lowest BCUT2D eigenvalue weighted by Crippen LogP contribution is -2.35. The molecule has 0 spiro atoms. The van der Waals surface area contributed by atoms with Crippen LogP contribution in [0, 0.1) is 0 Å². The van der Waals surface area contributed by atoms with Crippen LogP contribution in [0.2, 0.25) is 5.02 Å². The summed E-state index contributed by atoms with van der Waals surface area (Å²) in [5, 5.41) is 5.42. The second kappa shape index (κ2) is 8.94. The molecule has 154 valence electrons. The van der Waals surface area contributed by atoms with Crippen molar-refractivity contribution in [3.63, 3.8) is 0 Å². The molecule has 0 saturated carbocycles. The van der Waals surface area contributed by atoms with Gasteiger partial charge in [0.05, 0.1) is 15.5 Å². The lowest BCUT2D eigenvalue weighted by atomic mass is 10.1. The molecule has 9 heteroatoms. The number of carbonyl (C=O) groups is 2. The molecule has 3 rings (SSSR count). The lowest BCUT2D eigenvalue weighted by molar-refractivity contribution is 0.0961. The van der Waals surface area contributed by atoms with Crippen molar-refractivity contribution in [2.45, 2.75) is 24.2 Å². The van der Waals surface area contributed by atoms with Crippen LogP contribution in [0.15, 0.2) is 47.4 Å². The molecule has 2 aromatic rings. The largest absolute Gasteiger partial charge is 0.355 e. The van der Waals surface area contributed by atoms with Crippen LogP contribution < -0.4 is 10.6 Å². The Morgan fingerprint density at radius 3 is 2.41 bits per heavy atom. The zero-order chi connectivity index (χ0) is 21.0. The molecule has 1 saturated heterocycles. The number of halogens is 1. The number of sulfonamides is 1. The summed E-state index contributed by atoms with van der Waals surface area (Å²) in [6, 6.07) is 10.5. The van der Waals surface area contributed by atoms with E-state index in [2.05, 4.69) is 10.6 Å². The minimum absolute atomic E-state index is 0.0919. The van der Waals surface area contributed by atoms with E-state index in [0.29, 0.717) is 18.8 Å². The van der Waals surface area contributed by atoms with E-state index < -0.39 is 15.9 Å². The van der Waals surface area contributed by atoms with Crippen molar-refractivity contribution in [1.82, 2.24) is 9.62 Å². The highest BCUT2D eigenvalue weighted by atomic mass is 35.5. The predicted molar refractivity (Wildman–Crippen MR) is 112 cm³/mol. The van der Waals surface area contributed by atoms with Gasteiger partial charge in [-0.15, -0.1) is 0 Å². The molecule has 7 nitrogen and oxygen atoms in total. The second-order valence-corrected chi connectivity index (χ2v) is 9.07. The highest BCUT2D eigenvalue weighted by Crippen LogP contribution is 2.23. The smallest absolute Gasteiger partial charge is 0.255 e. The van der Waals surface area contributed by atoms with Crippen molar-refractivity contribution >= 4 is 39.1 Å². The third kappa shape index (κ3) is 4.77. The Morgan fingerprint density at radius 1 is 1.00 bits per heavy atom. The number of benzene rings is 2. The first-order valence-electron chi connectivity index (χ1n) is 9.26. The molecular weight excluding hydrogens is 414 g/mol. The van der Waals surface area contributed by atoms with Gasteiger partial charge in [0.1, 0.15) is 0 Å². The first-order valence-corrected chi connectivity index (χ1v) is 11.1. The Kier molecular flexibility index (Phi) is 6.56. The van der Waals surface area contributed by atoms with Crippen LogP contribution in [-0.2, 0) is 10.0 Å². The first-order chi connectivity index (χ1) is 13.8. The average molecular weight is 436 g/mol. The SMILES string of the molecule is CNC(=O)c1cc(NC(=O)c2cccc(S(=O)(=O)N3CCCCC3)c2)ccc1Cl. The maximum Gasteiger partial charge on any atom is 0.255 e. The van der Waals surface area contributed by atoms with E-state index in [0.717, 1.165) is 19.3 Å². The number of nitrogens with zero attached hydrogens (tertiary/aromatic N) is 1. The first kappa shape index (κ1) is 21.3. The van der Waals surface area contributed by atoms with Crippen LogP contribution in [0.25, 0.3) is 0 Å². The number of nitrogens with one attached hydrogen (secondary N) is 2. The molecule has 1 aliphatic heterocycles. The van der Waals surface area contributed by atoms with E-state index in [4.69, 9.17) is 11.6 Å². The van der Waals surface area contributed by atoms with Crippen molar-refractivity contribution < 1.29 is 18.0 Å². The van der Waals surface area contributed by atoms with E-state index in [-0.39, 0.29) is 27.0 Å². The van der Waals surface area contributed by atoms with Crippen molar-refractivity contribution in [2.24, 2.45) is 0 Å². The second-order valence-electron chi connectivity index (χ2n) is 6.72. The minimum atomic E-state index is -3.63. The Labute approximate surface area is 175 Å². The quantitative estimate of drug-likeness (QED) is 0.754. The number of hydrogen-bond donors (Lipinski definition) is 2. The molecule has 29 heavy (non-hydrogen) atoms. The number of piperidine rings is 1. The fraction of sp³-hybridized carbons (Fsp3) is 0.300. The Morgan fingerprint density at radius 2 is 1.72 bits per heavy atom. The highest BCUT2D eigenvalue weighted by Gasteiger charge is 2.26. The van der Waals surface area contributed by atoms with Gasteiger partial charge in [-0.3, -0.25) is 9.59 Å². The number of anilines is 1. The number of carbonyl (C=O) groups excluding carboxylic acids is 2. The van der Waals surface area contributed by atoms with E-state index in [9.17, 15) is 18.0 Å². The van der Waals surface area contributed by atoms with E-state index >= 15 is 0 Å². The van der Waals surface area contributed by atoms with Gasteiger partial charge in [0.2, 0.25) is 10.0 Å². The average Bonchev–Trinajstić information content (AvgIpc) is 2.75. The van der Waals surface area contributed by atoms with Crippen LogP contribution in [0.1, 0.15) is 40.0 Å². The minimum Gasteiger partial charge on any atom is -0.355 e. The maximum atomic E-state index is 12.8. The van der Waals surface area contributed by atoms with Gasteiger partial charge >= 0.3 is 0 Å². The summed E-state index contributed by atoms with van der Waals surface area (Å²) in [4.78, 5) is 24.6. The Bertz CT molecular complexity index is 1030.